The van der Waals surface area contributed by atoms with Crippen LogP contribution in [-0.2, 0) is 16.6 Å². The Morgan fingerprint density at radius 1 is 1.13 bits per heavy atom. The van der Waals surface area contributed by atoms with Gasteiger partial charge in [0.1, 0.15) is 0 Å². The van der Waals surface area contributed by atoms with E-state index in [1.165, 1.54) is 21.4 Å². The summed E-state index contributed by atoms with van der Waals surface area (Å²) in [6, 6.07) is 11.8. The summed E-state index contributed by atoms with van der Waals surface area (Å²) in [5, 5.41) is 18.2. The molecule has 3 N–H and O–H groups in total. The molecular weight excluding hydrogens is 515 g/mol. The van der Waals surface area contributed by atoms with Crippen molar-refractivity contribution in [3.05, 3.63) is 59.3 Å². The number of urea groups is 1. The number of alkyl halides is 3. The van der Waals surface area contributed by atoms with Gasteiger partial charge < -0.3 is 20.6 Å². The van der Waals surface area contributed by atoms with Crippen molar-refractivity contribution in [1.29, 1.82) is 0 Å². The van der Waals surface area contributed by atoms with Crippen LogP contribution in [0.2, 0.25) is 0 Å². The number of carboxylic acid groups (broad SMARTS) is 1. The van der Waals surface area contributed by atoms with Gasteiger partial charge in [-0.05, 0) is 61.2 Å². The summed E-state index contributed by atoms with van der Waals surface area (Å²) < 4.78 is 33.1. The van der Waals surface area contributed by atoms with Crippen LogP contribution in [-0.4, -0.2) is 64.5 Å². The SMILES string of the molecule is CN(C)CC(=O)n1ncc2c(NC(=O)N[C@@H]3CCc4cc(C(C)(C)C)ccc43)cccc21.O=C(O)C(F)(F)F. The van der Waals surface area contributed by atoms with Crippen LogP contribution >= 0.6 is 0 Å². The maximum absolute atomic E-state index is 12.8. The molecule has 2 aromatic carbocycles. The van der Waals surface area contributed by atoms with Gasteiger partial charge in [-0.3, -0.25) is 4.79 Å². The van der Waals surface area contributed by atoms with E-state index in [-0.39, 0.29) is 29.9 Å². The molecule has 3 aromatic rings. The van der Waals surface area contributed by atoms with E-state index in [2.05, 4.69) is 54.7 Å². The second-order valence-corrected chi connectivity index (χ2v) is 10.6. The molecule has 210 valence electrons. The van der Waals surface area contributed by atoms with Crippen molar-refractivity contribution in [3.8, 4) is 0 Å². The van der Waals surface area contributed by atoms with Crippen molar-refractivity contribution in [2.45, 2.75) is 51.2 Å². The number of amides is 2. The summed E-state index contributed by atoms with van der Waals surface area (Å²) in [5.74, 6) is -2.88. The lowest BCUT2D eigenvalue weighted by Gasteiger charge is -2.21. The summed E-state index contributed by atoms with van der Waals surface area (Å²) in [7, 11) is 3.68. The highest BCUT2D eigenvalue weighted by Crippen LogP contribution is 2.34. The summed E-state index contributed by atoms with van der Waals surface area (Å²) in [5.41, 5.74) is 5.23. The highest BCUT2D eigenvalue weighted by atomic mass is 19.4. The minimum Gasteiger partial charge on any atom is -0.475 e. The fourth-order valence-electron chi connectivity index (χ4n) is 4.25. The van der Waals surface area contributed by atoms with Gasteiger partial charge in [0.15, 0.2) is 0 Å². The molecule has 0 spiro atoms. The predicted octanol–water partition coefficient (Wildman–Crippen LogP) is 4.98. The molecule has 0 saturated carbocycles. The highest BCUT2D eigenvalue weighted by molar-refractivity contribution is 6.03. The summed E-state index contributed by atoms with van der Waals surface area (Å²) in [6.07, 6.45) is -1.62. The van der Waals surface area contributed by atoms with E-state index >= 15 is 0 Å². The van der Waals surface area contributed by atoms with E-state index in [1.54, 1.807) is 11.1 Å². The molecule has 39 heavy (non-hydrogen) atoms. The minimum atomic E-state index is -5.08. The first kappa shape index (κ1) is 29.6. The van der Waals surface area contributed by atoms with Crippen LogP contribution in [0.3, 0.4) is 0 Å². The standard InChI is InChI=1S/C25H31N5O2.C2HF3O2/c1-25(2,3)17-10-11-18-16(13-17)9-12-21(18)28-24(32)27-20-7-6-8-22-19(20)14-26-30(22)23(31)15-29(4)5;3-2(4,5)1(6)7/h6-8,10-11,13-14,21H,9,12,15H2,1-5H3,(H2,27,28,32);(H,6,7)/t21-;/m1./s1. The number of hydrogen-bond acceptors (Lipinski definition) is 5. The summed E-state index contributed by atoms with van der Waals surface area (Å²) >= 11 is 0. The van der Waals surface area contributed by atoms with Crippen molar-refractivity contribution in [2.24, 2.45) is 0 Å². The molecule has 0 radical (unpaired) electrons. The van der Waals surface area contributed by atoms with Gasteiger partial charge in [0.05, 0.1) is 30.0 Å². The molecule has 2 amide bonds. The topological polar surface area (TPSA) is 117 Å². The molecule has 1 atom stereocenters. The molecule has 0 unspecified atom stereocenters. The van der Waals surface area contributed by atoms with Crippen molar-refractivity contribution in [3.63, 3.8) is 0 Å². The second kappa shape index (κ2) is 11.4. The third-order valence-corrected chi connectivity index (χ3v) is 6.18. The quantitative estimate of drug-likeness (QED) is 0.424. The van der Waals surface area contributed by atoms with E-state index in [0.29, 0.717) is 11.2 Å². The van der Waals surface area contributed by atoms with Gasteiger partial charge in [-0.1, -0.05) is 45.0 Å². The Morgan fingerprint density at radius 2 is 1.79 bits per heavy atom. The maximum atomic E-state index is 12.8. The van der Waals surface area contributed by atoms with Gasteiger partial charge in [0.25, 0.3) is 5.91 Å². The Kier molecular flexibility index (Phi) is 8.69. The lowest BCUT2D eigenvalue weighted by molar-refractivity contribution is -0.192. The smallest absolute Gasteiger partial charge is 0.475 e. The summed E-state index contributed by atoms with van der Waals surface area (Å²) in [6.45, 7) is 6.89. The van der Waals surface area contributed by atoms with Crippen LogP contribution in [0, 0.1) is 0 Å². The fourth-order valence-corrected chi connectivity index (χ4v) is 4.25. The van der Waals surface area contributed by atoms with Crippen LogP contribution < -0.4 is 10.6 Å². The zero-order chi connectivity index (χ0) is 29.1. The number of carboxylic acids is 1. The molecule has 12 heteroatoms. The van der Waals surface area contributed by atoms with Gasteiger partial charge in [-0.25, -0.2) is 9.59 Å². The molecule has 1 aliphatic rings. The Morgan fingerprint density at radius 3 is 2.38 bits per heavy atom. The number of nitrogens with zero attached hydrogens (tertiary/aromatic N) is 3. The number of aliphatic carboxylic acids is 1. The van der Waals surface area contributed by atoms with Crippen LogP contribution in [0.5, 0.6) is 0 Å². The molecule has 0 fully saturated rings. The zero-order valence-corrected chi connectivity index (χ0v) is 22.4. The number of likely N-dealkylation sites (N-methyl/N-ethyl adjacent to an activating group) is 1. The molecule has 1 aliphatic carbocycles. The van der Waals surface area contributed by atoms with Crippen LogP contribution in [0.4, 0.5) is 23.7 Å². The van der Waals surface area contributed by atoms with Crippen LogP contribution in [0.1, 0.15) is 54.7 Å². The second-order valence-electron chi connectivity index (χ2n) is 10.6. The Balaban J connectivity index is 0.000000532. The average Bonchev–Trinajstić information content (AvgIpc) is 3.42. The number of benzene rings is 2. The first-order valence-corrected chi connectivity index (χ1v) is 12.2. The van der Waals surface area contributed by atoms with Crippen molar-refractivity contribution >= 4 is 34.5 Å². The van der Waals surface area contributed by atoms with Gasteiger partial charge in [0, 0.05) is 5.39 Å². The normalized spacial score (nSPS) is 14.9. The zero-order valence-electron chi connectivity index (χ0n) is 22.4. The van der Waals surface area contributed by atoms with Gasteiger partial charge in [-0.15, -0.1) is 0 Å². The van der Waals surface area contributed by atoms with Crippen molar-refractivity contribution < 1.29 is 32.7 Å². The first-order chi connectivity index (χ1) is 18.1. The highest BCUT2D eigenvalue weighted by Gasteiger charge is 2.38. The molecule has 9 nitrogen and oxygen atoms in total. The molecule has 0 saturated heterocycles. The predicted molar refractivity (Wildman–Crippen MR) is 141 cm³/mol. The molecule has 0 bridgehead atoms. The van der Waals surface area contributed by atoms with E-state index in [4.69, 9.17) is 9.90 Å². The average molecular weight is 548 g/mol. The van der Waals surface area contributed by atoms with E-state index < -0.39 is 12.1 Å². The lowest BCUT2D eigenvalue weighted by atomic mass is 9.85. The van der Waals surface area contributed by atoms with Gasteiger partial charge in [-0.2, -0.15) is 23.0 Å². The number of fused-ring (bicyclic) bond motifs is 2. The summed E-state index contributed by atoms with van der Waals surface area (Å²) in [4.78, 5) is 36.0. The number of anilines is 1. The van der Waals surface area contributed by atoms with Gasteiger partial charge in [0.2, 0.25) is 0 Å². The molecular formula is C27H32F3N5O4. The van der Waals surface area contributed by atoms with Crippen LogP contribution in [0.25, 0.3) is 10.9 Å². The number of aryl methyl sites for hydroxylation is 1. The van der Waals surface area contributed by atoms with Crippen molar-refractivity contribution in [2.75, 3.05) is 26.0 Å². The molecule has 4 rings (SSSR count). The van der Waals surface area contributed by atoms with Crippen molar-refractivity contribution in [1.82, 2.24) is 20.0 Å². The first-order valence-electron chi connectivity index (χ1n) is 12.2. The minimum absolute atomic E-state index is 0.0115. The number of rotatable bonds is 4. The number of carbonyl (C=O) groups excluding carboxylic acids is 2. The Bertz CT molecular complexity index is 1380. The van der Waals surface area contributed by atoms with Gasteiger partial charge >= 0.3 is 18.2 Å². The number of carbonyl (C=O) groups is 3. The maximum Gasteiger partial charge on any atom is 0.490 e. The lowest BCUT2D eigenvalue weighted by Crippen LogP contribution is -2.31. The number of hydrogen-bond donors (Lipinski definition) is 3. The number of halogens is 3. The van der Waals surface area contributed by atoms with E-state index in [9.17, 15) is 22.8 Å². The molecule has 1 aromatic heterocycles. The molecule has 1 heterocycles. The third kappa shape index (κ3) is 7.34. The number of nitrogens with one attached hydrogen (secondary N) is 2. The fraction of sp³-hybridized carbons (Fsp3) is 0.407. The molecule has 0 aliphatic heterocycles. The Labute approximate surface area is 224 Å². The monoisotopic (exact) mass is 547 g/mol. The van der Waals surface area contributed by atoms with Crippen LogP contribution in [0.15, 0.2) is 42.6 Å². The third-order valence-electron chi connectivity index (χ3n) is 6.18. The Hall–Kier alpha value is -3.93. The number of aromatic nitrogens is 2. The largest absolute Gasteiger partial charge is 0.490 e. The van der Waals surface area contributed by atoms with E-state index in [0.717, 1.165) is 18.2 Å². The van der Waals surface area contributed by atoms with E-state index in [1.807, 2.05) is 32.3 Å².